The number of halogens is 2. The minimum absolute atomic E-state index is 0.136. The first kappa shape index (κ1) is 22.1. The fourth-order valence-electron chi connectivity index (χ4n) is 3.71. The van der Waals surface area contributed by atoms with E-state index >= 15 is 0 Å². The number of H-pyrrole nitrogens is 1. The molecule has 0 aromatic carbocycles. The van der Waals surface area contributed by atoms with E-state index in [1.165, 1.54) is 35.9 Å². The molecule has 168 valence electrons. The third kappa shape index (κ3) is 4.30. The van der Waals surface area contributed by atoms with Crippen LogP contribution in [0.5, 0.6) is 0 Å². The van der Waals surface area contributed by atoms with Gasteiger partial charge in [-0.15, -0.1) is 0 Å². The SMILES string of the molecule is CN(C1CCS(O)(O)CC1)S(=O)(=O)c1ccc(-c2ccnc3[nH]c(C(F)F)cc23)cn1. The maximum Gasteiger partial charge on any atom is 0.278 e. The summed E-state index contributed by atoms with van der Waals surface area (Å²) in [5.41, 5.74) is 1.25. The Hall–Kier alpha value is -2.12. The van der Waals surface area contributed by atoms with Gasteiger partial charge in [0.2, 0.25) is 0 Å². The first-order valence-electron chi connectivity index (χ1n) is 9.52. The van der Waals surface area contributed by atoms with E-state index in [1.807, 2.05) is 0 Å². The Labute approximate surface area is 179 Å². The molecule has 8 nitrogen and oxygen atoms in total. The number of sulfonamides is 1. The number of pyridine rings is 2. The van der Waals surface area contributed by atoms with Gasteiger partial charge in [-0.25, -0.2) is 27.2 Å². The molecule has 1 aliphatic heterocycles. The number of alkyl halides is 2. The van der Waals surface area contributed by atoms with Crippen molar-refractivity contribution in [1.82, 2.24) is 19.3 Å². The van der Waals surface area contributed by atoms with Crippen molar-refractivity contribution in [3.05, 3.63) is 42.4 Å². The van der Waals surface area contributed by atoms with Crippen LogP contribution in [0.4, 0.5) is 8.78 Å². The smallest absolute Gasteiger partial charge is 0.278 e. The van der Waals surface area contributed by atoms with Crippen LogP contribution in [-0.4, -0.2) is 61.4 Å². The molecule has 4 heterocycles. The number of rotatable bonds is 5. The Morgan fingerprint density at radius 2 is 1.90 bits per heavy atom. The molecule has 0 atom stereocenters. The summed E-state index contributed by atoms with van der Waals surface area (Å²) in [6.07, 6.45) is 0.944. The van der Waals surface area contributed by atoms with Crippen molar-refractivity contribution in [3.8, 4) is 11.1 Å². The van der Waals surface area contributed by atoms with Crippen LogP contribution in [0.3, 0.4) is 0 Å². The fourth-order valence-corrected chi connectivity index (χ4v) is 6.54. The molecular formula is C19H22F2N4O4S2. The van der Waals surface area contributed by atoms with Gasteiger partial charge in [0.15, 0.2) is 5.03 Å². The molecule has 0 unspecified atom stereocenters. The molecule has 1 fully saturated rings. The molecule has 4 rings (SSSR count). The highest BCUT2D eigenvalue weighted by Gasteiger charge is 2.33. The summed E-state index contributed by atoms with van der Waals surface area (Å²) in [7, 11) is -5.02. The van der Waals surface area contributed by atoms with E-state index in [9.17, 15) is 26.3 Å². The molecular weight excluding hydrogens is 450 g/mol. The van der Waals surface area contributed by atoms with Crippen LogP contribution in [0.15, 0.2) is 41.7 Å². The van der Waals surface area contributed by atoms with E-state index in [1.54, 1.807) is 12.1 Å². The number of aromatic amines is 1. The van der Waals surface area contributed by atoms with Crippen molar-refractivity contribution in [3.63, 3.8) is 0 Å². The number of aromatic nitrogens is 3. The molecule has 0 aliphatic carbocycles. The van der Waals surface area contributed by atoms with Crippen molar-refractivity contribution >= 4 is 31.6 Å². The lowest BCUT2D eigenvalue weighted by molar-refractivity contribution is 0.147. The summed E-state index contributed by atoms with van der Waals surface area (Å²) in [4.78, 5) is 10.8. The highest BCUT2D eigenvalue weighted by molar-refractivity contribution is 8.24. The summed E-state index contributed by atoms with van der Waals surface area (Å²) < 4.78 is 72.7. The molecule has 0 bridgehead atoms. The predicted octanol–water partition coefficient (Wildman–Crippen LogP) is 4.10. The van der Waals surface area contributed by atoms with E-state index in [0.717, 1.165) is 0 Å². The Morgan fingerprint density at radius 1 is 1.19 bits per heavy atom. The van der Waals surface area contributed by atoms with Gasteiger partial charge in [-0.2, -0.15) is 14.9 Å². The van der Waals surface area contributed by atoms with Gasteiger partial charge in [0.1, 0.15) is 5.65 Å². The number of hydrogen-bond acceptors (Lipinski definition) is 6. The van der Waals surface area contributed by atoms with Crippen LogP contribution < -0.4 is 0 Å². The van der Waals surface area contributed by atoms with E-state index in [2.05, 4.69) is 15.0 Å². The van der Waals surface area contributed by atoms with Gasteiger partial charge in [0.25, 0.3) is 16.4 Å². The van der Waals surface area contributed by atoms with Crippen LogP contribution in [-0.2, 0) is 10.0 Å². The number of hydrogen-bond donors (Lipinski definition) is 3. The Balaban J connectivity index is 1.60. The monoisotopic (exact) mass is 472 g/mol. The zero-order chi connectivity index (χ0) is 22.4. The standard InChI is InChI=1S/C19H22F2N4O4S2/c1-25(13-5-8-30(26,27)9-6-13)31(28,29)17-3-2-12(11-23-17)14-4-7-22-19-15(14)10-16(24-19)18(20)21/h2-4,7,10-11,13,18,26-27H,5-6,8-9H2,1H3,(H,22,24). The normalized spacial score (nSPS) is 18.7. The minimum Gasteiger partial charge on any atom is -0.338 e. The van der Waals surface area contributed by atoms with Gasteiger partial charge in [-0.05, 0) is 42.7 Å². The first-order valence-corrected chi connectivity index (χ1v) is 12.8. The van der Waals surface area contributed by atoms with Crippen molar-refractivity contribution in [2.75, 3.05) is 18.6 Å². The molecule has 3 aromatic heterocycles. The van der Waals surface area contributed by atoms with Gasteiger partial charge >= 0.3 is 0 Å². The van der Waals surface area contributed by atoms with Gasteiger partial charge in [0, 0.05) is 47.9 Å². The number of nitrogens with one attached hydrogen (secondary N) is 1. The highest BCUT2D eigenvalue weighted by Crippen LogP contribution is 2.45. The average molecular weight is 473 g/mol. The summed E-state index contributed by atoms with van der Waals surface area (Å²) >= 11 is 0. The lowest BCUT2D eigenvalue weighted by atomic mass is 10.1. The second-order valence-corrected chi connectivity index (χ2v) is 11.9. The molecule has 3 aromatic rings. The molecule has 0 amide bonds. The quantitative estimate of drug-likeness (QED) is 0.514. The molecule has 31 heavy (non-hydrogen) atoms. The summed E-state index contributed by atoms with van der Waals surface area (Å²) in [6, 6.07) is 5.61. The molecule has 3 N–H and O–H groups in total. The van der Waals surface area contributed by atoms with E-state index < -0.39 is 27.0 Å². The fraction of sp³-hybridized carbons (Fsp3) is 0.368. The van der Waals surface area contributed by atoms with Crippen molar-refractivity contribution in [2.24, 2.45) is 0 Å². The highest BCUT2D eigenvalue weighted by atomic mass is 32.3. The molecule has 12 heteroatoms. The van der Waals surface area contributed by atoms with Crippen LogP contribution in [0.25, 0.3) is 22.2 Å². The van der Waals surface area contributed by atoms with Crippen molar-refractivity contribution in [1.29, 1.82) is 0 Å². The number of fused-ring (bicyclic) bond motifs is 1. The lowest BCUT2D eigenvalue weighted by Gasteiger charge is -2.41. The number of nitrogens with zero attached hydrogens (tertiary/aromatic N) is 3. The minimum atomic E-state index is -3.87. The van der Waals surface area contributed by atoms with Crippen LogP contribution in [0.2, 0.25) is 0 Å². The molecule has 1 saturated heterocycles. The maximum atomic E-state index is 13.0. The van der Waals surface area contributed by atoms with Gasteiger partial charge in [-0.3, -0.25) is 9.11 Å². The summed E-state index contributed by atoms with van der Waals surface area (Å²) in [5, 5.41) is 0.358. The van der Waals surface area contributed by atoms with Gasteiger partial charge in [0.05, 0.1) is 5.69 Å². The van der Waals surface area contributed by atoms with E-state index in [0.29, 0.717) is 35.0 Å². The Morgan fingerprint density at radius 3 is 2.52 bits per heavy atom. The third-order valence-corrected chi connectivity index (χ3v) is 9.15. The Kier molecular flexibility index (Phi) is 5.77. The maximum absolute atomic E-state index is 13.0. The van der Waals surface area contributed by atoms with Crippen LogP contribution >= 0.6 is 10.6 Å². The Bertz CT molecular complexity index is 1190. The molecule has 1 aliphatic rings. The van der Waals surface area contributed by atoms with Crippen molar-refractivity contribution < 1.29 is 26.3 Å². The van der Waals surface area contributed by atoms with E-state index in [-0.39, 0.29) is 28.3 Å². The van der Waals surface area contributed by atoms with E-state index in [4.69, 9.17) is 0 Å². The topological polar surface area (TPSA) is 119 Å². The third-order valence-electron chi connectivity index (χ3n) is 5.55. The zero-order valence-electron chi connectivity index (χ0n) is 16.6. The second kappa shape index (κ2) is 8.10. The second-order valence-electron chi connectivity index (χ2n) is 7.49. The molecule has 0 radical (unpaired) electrons. The average Bonchev–Trinajstić information content (AvgIpc) is 3.18. The zero-order valence-corrected chi connectivity index (χ0v) is 18.2. The molecule has 0 saturated carbocycles. The summed E-state index contributed by atoms with van der Waals surface area (Å²) in [5.74, 6) is 0.360. The van der Waals surface area contributed by atoms with Gasteiger partial charge < -0.3 is 4.98 Å². The predicted molar refractivity (Wildman–Crippen MR) is 115 cm³/mol. The van der Waals surface area contributed by atoms with Crippen LogP contribution in [0, 0.1) is 0 Å². The largest absolute Gasteiger partial charge is 0.338 e. The first-order chi connectivity index (χ1) is 14.6. The molecule has 0 spiro atoms. The summed E-state index contributed by atoms with van der Waals surface area (Å²) in [6.45, 7) is 0. The lowest BCUT2D eigenvalue weighted by Crippen LogP contribution is -2.41. The van der Waals surface area contributed by atoms with Crippen LogP contribution in [0.1, 0.15) is 25.0 Å². The van der Waals surface area contributed by atoms with Gasteiger partial charge in [-0.1, -0.05) is 0 Å². The van der Waals surface area contributed by atoms with Crippen molar-refractivity contribution in [2.45, 2.75) is 30.3 Å².